The van der Waals surface area contributed by atoms with Crippen LogP contribution in [0.15, 0.2) is 24.3 Å². The standard InChI is InChI=1S/C16H28N2O5/c1-13(2)15(19)17-5-7-21-9-11-23-12-10-22-8-6-18-16(20)14(3)4/h1,3,5-12H2,2,4H3,(H,17,19)(H,18,20). The molecule has 0 fully saturated rings. The van der Waals surface area contributed by atoms with E-state index in [9.17, 15) is 9.59 Å². The van der Waals surface area contributed by atoms with Crippen LogP contribution in [-0.2, 0) is 23.8 Å². The zero-order chi connectivity index (χ0) is 17.5. The van der Waals surface area contributed by atoms with E-state index < -0.39 is 0 Å². The normalized spacial score (nSPS) is 10.2. The highest BCUT2D eigenvalue weighted by Gasteiger charge is 2.00. The molecule has 0 aliphatic heterocycles. The fourth-order valence-corrected chi connectivity index (χ4v) is 1.32. The molecule has 0 aromatic rings. The van der Waals surface area contributed by atoms with Crippen molar-refractivity contribution in [3.63, 3.8) is 0 Å². The summed E-state index contributed by atoms with van der Waals surface area (Å²) in [6.45, 7) is 14.0. The van der Waals surface area contributed by atoms with Crippen molar-refractivity contribution in [2.24, 2.45) is 0 Å². The smallest absolute Gasteiger partial charge is 0.246 e. The first-order chi connectivity index (χ1) is 10.9. The lowest BCUT2D eigenvalue weighted by Crippen LogP contribution is -2.28. The van der Waals surface area contributed by atoms with Gasteiger partial charge in [0.2, 0.25) is 11.8 Å². The van der Waals surface area contributed by atoms with Gasteiger partial charge in [0.05, 0.1) is 39.6 Å². The third-order valence-corrected chi connectivity index (χ3v) is 2.58. The van der Waals surface area contributed by atoms with Crippen LogP contribution < -0.4 is 10.6 Å². The molecule has 0 atom stereocenters. The second-order valence-corrected chi connectivity index (χ2v) is 4.91. The fraction of sp³-hybridized carbons (Fsp3) is 0.625. The first-order valence-electron chi connectivity index (χ1n) is 7.55. The van der Waals surface area contributed by atoms with E-state index in [0.717, 1.165) is 0 Å². The molecule has 23 heavy (non-hydrogen) atoms. The van der Waals surface area contributed by atoms with E-state index in [-0.39, 0.29) is 11.8 Å². The summed E-state index contributed by atoms with van der Waals surface area (Å²) in [4.78, 5) is 22.3. The van der Waals surface area contributed by atoms with Gasteiger partial charge in [-0.1, -0.05) is 13.2 Å². The summed E-state index contributed by atoms with van der Waals surface area (Å²) >= 11 is 0. The van der Waals surface area contributed by atoms with E-state index in [1.807, 2.05) is 0 Å². The Balaban J connectivity index is 3.19. The Hall–Kier alpha value is -1.70. The highest BCUT2D eigenvalue weighted by atomic mass is 16.5. The summed E-state index contributed by atoms with van der Waals surface area (Å²) in [6, 6.07) is 0. The first-order valence-corrected chi connectivity index (χ1v) is 7.55. The molecule has 0 unspecified atom stereocenters. The van der Waals surface area contributed by atoms with Gasteiger partial charge in [-0.25, -0.2) is 0 Å². The quantitative estimate of drug-likeness (QED) is 0.356. The lowest BCUT2D eigenvalue weighted by atomic mass is 10.3. The van der Waals surface area contributed by atoms with Gasteiger partial charge in [0, 0.05) is 24.2 Å². The van der Waals surface area contributed by atoms with Gasteiger partial charge in [-0.15, -0.1) is 0 Å². The summed E-state index contributed by atoms with van der Waals surface area (Å²) in [5.41, 5.74) is 0.958. The van der Waals surface area contributed by atoms with Crippen LogP contribution in [0.4, 0.5) is 0 Å². The fourth-order valence-electron chi connectivity index (χ4n) is 1.32. The molecule has 0 aliphatic rings. The molecule has 0 bridgehead atoms. The lowest BCUT2D eigenvalue weighted by Gasteiger charge is -2.08. The monoisotopic (exact) mass is 328 g/mol. The van der Waals surface area contributed by atoms with Crippen molar-refractivity contribution in [1.29, 1.82) is 0 Å². The van der Waals surface area contributed by atoms with Crippen molar-refractivity contribution in [2.75, 3.05) is 52.7 Å². The Bertz CT molecular complexity index is 360. The molecule has 0 saturated carbocycles. The molecule has 132 valence electrons. The molecule has 2 N–H and O–H groups in total. The maximum atomic E-state index is 11.2. The minimum Gasteiger partial charge on any atom is -0.377 e. The minimum atomic E-state index is -0.165. The summed E-state index contributed by atoms with van der Waals surface area (Å²) in [5, 5.41) is 5.34. The number of carbonyl (C=O) groups excluding carboxylic acids is 2. The van der Waals surface area contributed by atoms with Crippen LogP contribution in [0.2, 0.25) is 0 Å². The molecule has 0 spiro atoms. The Morgan fingerprint density at radius 2 is 1.00 bits per heavy atom. The molecular weight excluding hydrogens is 300 g/mol. The summed E-state index contributed by atoms with van der Waals surface area (Å²) in [7, 11) is 0. The largest absolute Gasteiger partial charge is 0.377 e. The second kappa shape index (κ2) is 13.9. The molecule has 0 aliphatic carbocycles. The number of amides is 2. The summed E-state index contributed by atoms with van der Waals surface area (Å²) in [5.74, 6) is -0.331. The average Bonchev–Trinajstić information content (AvgIpc) is 2.50. The van der Waals surface area contributed by atoms with Crippen LogP contribution in [-0.4, -0.2) is 64.5 Å². The highest BCUT2D eigenvalue weighted by molar-refractivity contribution is 5.92. The van der Waals surface area contributed by atoms with Crippen LogP contribution in [0.3, 0.4) is 0 Å². The van der Waals surface area contributed by atoms with Crippen LogP contribution in [0.1, 0.15) is 13.8 Å². The maximum absolute atomic E-state index is 11.2. The van der Waals surface area contributed by atoms with Crippen molar-refractivity contribution >= 4 is 11.8 Å². The lowest BCUT2D eigenvalue weighted by molar-refractivity contribution is -0.118. The van der Waals surface area contributed by atoms with Crippen molar-refractivity contribution in [1.82, 2.24) is 10.6 Å². The van der Waals surface area contributed by atoms with E-state index in [2.05, 4.69) is 23.8 Å². The van der Waals surface area contributed by atoms with Gasteiger partial charge in [0.25, 0.3) is 0 Å². The predicted molar refractivity (Wildman–Crippen MR) is 88.1 cm³/mol. The van der Waals surface area contributed by atoms with Gasteiger partial charge < -0.3 is 24.8 Å². The zero-order valence-corrected chi connectivity index (χ0v) is 14.1. The van der Waals surface area contributed by atoms with Crippen LogP contribution in [0.5, 0.6) is 0 Å². The maximum Gasteiger partial charge on any atom is 0.246 e. The SMILES string of the molecule is C=C(C)C(=O)NCCOCCOCCOCCNC(=O)C(=C)C. The van der Waals surface area contributed by atoms with Gasteiger partial charge in [-0.3, -0.25) is 9.59 Å². The molecule has 0 heterocycles. The van der Waals surface area contributed by atoms with Crippen molar-refractivity contribution < 1.29 is 23.8 Å². The summed E-state index contributed by atoms with van der Waals surface area (Å²) in [6.07, 6.45) is 0. The van der Waals surface area contributed by atoms with Gasteiger partial charge in [0.1, 0.15) is 0 Å². The van der Waals surface area contributed by atoms with Gasteiger partial charge >= 0.3 is 0 Å². The van der Waals surface area contributed by atoms with E-state index >= 15 is 0 Å². The van der Waals surface area contributed by atoms with E-state index in [1.54, 1.807) is 13.8 Å². The molecule has 0 saturated heterocycles. The first kappa shape index (κ1) is 21.3. The van der Waals surface area contributed by atoms with E-state index in [4.69, 9.17) is 14.2 Å². The molecule has 0 radical (unpaired) electrons. The average molecular weight is 328 g/mol. The number of carbonyl (C=O) groups is 2. The van der Waals surface area contributed by atoms with E-state index in [1.165, 1.54) is 0 Å². The molecule has 0 rings (SSSR count). The molecular formula is C16H28N2O5. The molecule has 0 aromatic carbocycles. The van der Waals surface area contributed by atoms with Crippen LogP contribution in [0, 0.1) is 0 Å². The summed E-state index contributed by atoms with van der Waals surface area (Å²) < 4.78 is 15.9. The van der Waals surface area contributed by atoms with Crippen molar-refractivity contribution in [2.45, 2.75) is 13.8 Å². The van der Waals surface area contributed by atoms with E-state index in [0.29, 0.717) is 63.9 Å². The van der Waals surface area contributed by atoms with Crippen LogP contribution >= 0.6 is 0 Å². The van der Waals surface area contributed by atoms with Crippen molar-refractivity contribution in [3.05, 3.63) is 24.3 Å². The van der Waals surface area contributed by atoms with Gasteiger partial charge in [-0.2, -0.15) is 0 Å². The third-order valence-electron chi connectivity index (χ3n) is 2.58. The Labute approximate surface area is 138 Å². The minimum absolute atomic E-state index is 0.165. The third kappa shape index (κ3) is 13.7. The zero-order valence-electron chi connectivity index (χ0n) is 14.1. The Morgan fingerprint density at radius 1 is 0.696 bits per heavy atom. The number of nitrogens with one attached hydrogen (secondary N) is 2. The van der Waals surface area contributed by atoms with Gasteiger partial charge in [-0.05, 0) is 13.8 Å². The Morgan fingerprint density at radius 3 is 1.30 bits per heavy atom. The molecule has 7 nitrogen and oxygen atoms in total. The molecule has 0 aromatic heterocycles. The Kier molecular flexibility index (Phi) is 12.9. The van der Waals surface area contributed by atoms with Crippen molar-refractivity contribution in [3.8, 4) is 0 Å². The number of rotatable bonds is 14. The topological polar surface area (TPSA) is 85.9 Å². The highest BCUT2D eigenvalue weighted by Crippen LogP contribution is 1.86. The molecule has 7 heteroatoms. The number of ether oxygens (including phenoxy) is 3. The number of hydrogen-bond acceptors (Lipinski definition) is 5. The predicted octanol–water partition coefficient (Wildman–Crippen LogP) is 0.421. The van der Waals surface area contributed by atoms with Gasteiger partial charge in [0.15, 0.2) is 0 Å². The molecule has 2 amide bonds. The second-order valence-electron chi connectivity index (χ2n) is 4.91. The van der Waals surface area contributed by atoms with Crippen LogP contribution in [0.25, 0.3) is 0 Å². The number of hydrogen-bond donors (Lipinski definition) is 2.